The molecule has 1 fully saturated rings. The lowest BCUT2D eigenvalue weighted by atomic mass is 9.98. The lowest BCUT2D eigenvalue weighted by Crippen LogP contribution is -2.45. The number of ether oxygens (including phenoxy) is 1. The number of hydrogen-bond donors (Lipinski definition) is 0. The van der Waals surface area contributed by atoms with Gasteiger partial charge in [0, 0.05) is 17.1 Å². The first-order valence-electron chi connectivity index (χ1n) is 6.91. The summed E-state index contributed by atoms with van der Waals surface area (Å²) in [5.41, 5.74) is 2.14. The molecule has 2 aliphatic rings. The van der Waals surface area contributed by atoms with E-state index >= 15 is 0 Å². The van der Waals surface area contributed by atoms with Crippen molar-refractivity contribution in [1.29, 1.82) is 0 Å². The summed E-state index contributed by atoms with van der Waals surface area (Å²) in [6.07, 6.45) is 0.456. The number of amides is 1. The highest BCUT2D eigenvalue weighted by Crippen LogP contribution is 2.42. The molecular weight excluding hydrogens is 320 g/mol. The van der Waals surface area contributed by atoms with E-state index in [-0.39, 0.29) is 5.91 Å². The average Bonchev–Trinajstić information content (AvgIpc) is 2.91. The second-order valence-corrected chi connectivity index (χ2v) is 7.13. The molecular formula is C15H16N2O3S2. The van der Waals surface area contributed by atoms with Crippen LogP contribution in [0.4, 0.5) is 0 Å². The normalized spacial score (nSPS) is 21.6. The number of thioether (sulfide) groups is 1. The third-order valence-corrected chi connectivity index (χ3v) is 5.79. The molecule has 0 aliphatic carbocycles. The van der Waals surface area contributed by atoms with Gasteiger partial charge in [-0.3, -0.25) is 9.69 Å². The van der Waals surface area contributed by atoms with Crippen molar-refractivity contribution in [2.75, 3.05) is 12.9 Å². The molecule has 7 heteroatoms. The van der Waals surface area contributed by atoms with Crippen LogP contribution in [0, 0.1) is 6.92 Å². The fraction of sp³-hybridized carbons (Fsp3) is 0.400. The number of esters is 1. The van der Waals surface area contributed by atoms with E-state index in [9.17, 15) is 9.59 Å². The zero-order valence-corrected chi connectivity index (χ0v) is 14.2. The lowest BCUT2D eigenvalue weighted by molar-refractivity contribution is -0.137. The van der Waals surface area contributed by atoms with Gasteiger partial charge in [0.15, 0.2) is 5.17 Å². The Morgan fingerprint density at radius 1 is 1.45 bits per heavy atom. The van der Waals surface area contributed by atoms with Crippen LogP contribution in [-0.4, -0.2) is 34.8 Å². The van der Waals surface area contributed by atoms with Gasteiger partial charge in [-0.15, -0.1) is 11.3 Å². The molecule has 5 nitrogen and oxygen atoms in total. The Balaban J connectivity index is 2.19. The molecule has 3 heterocycles. The highest BCUT2D eigenvalue weighted by Gasteiger charge is 2.42. The summed E-state index contributed by atoms with van der Waals surface area (Å²) in [4.78, 5) is 31.9. The average molecular weight is 336 g/mol. The van der Waals surface area contributed by atoms with Gasteiger partial charge >= 0.3 is 5.97 Å². The highest BCUT2D eigenvalue weighted by atomic mass is 32.2. The second kappa shape index (κ2) is 5.89. The van der Waals surface area contributed by atoms with Crippen LogP contribution in [-0.2, 0) is 14.3 Å². The predicted octanol–water partition coefficient (Wildman–Crippen LogP) is 2.88. The van der Waals surface area contributed by atoms with E-state index in [1.807, 2.05) is 18.4 Å². The van der Waals surface area contributed by atoms with Crippen molar-refractivity contribution in [3.8, 4) is 0 Å². The van der Waals surface area contributed by atoms with Crippen LogP contribution in [0.2, 0.25) is 0 Å². The molecule has 0 N–H and O–H groups in total. The number of allylic oxidation sites excluding steroid dienone is 1. The molecule has 1 unspecified atom stereocenters. The Bertz CT molecular complexity index is 705. The molecule has 1 aromatic heterocycles. The van der Waals surface area contributed by atoms with Gasteiger partial charge < -0.3 is 4.74 Å². The zero-order chi connectivity index (χ0) is 15.9. The van der Waals surface area contributed by atoms with E-state index in [4.69, 9.17) is 4.74 Å². The fourth-order valence-corrected chi connectivity index (χ4v) is 4.71. The van der Waals surface area contributed by atoms with Crippen molar-refractivity contribution in [1.82, 2.24) is 4.90 Å². The van der Waals surface area contributed by atoms with Crippen LogP contribution in [0.3, 0.4) is 0 Å². The maximum Gasteiger partial charge on any atom is 0.338 e. The molecule has 0 saturated carbocycles. The smallest absolute Gasteiger partial charge is 0.338 e. The molecule has 0 radical (unpaired) electrons. The van der Waals surface area contributed by atoms with Gasteiger partial charge in [-0.05, 0) is 30.9 Å². The summed E-state index contributed by atoms with van der Waals surface area (Å²) in [6.45, 7) is 3.79. The third-order valence-electron chi connectivity index (χ3n) is 3.76. The van der Waals surface area contributed by atoms with Crippen molar-refractivity contribution in [3.05, 3.63) is 33.2 Å². The molecule has 0 spiro atoms. The van der Waals surface area contributed by atoms with Crippen molar-refractivity contribution in [3.63, 3.8) is 0 Å². The van der Waals surface area contributed by atoms with Crippen LogP contribution < -0.4 is 0 Å². The maximum absolute atomic E-state index is 12.5. The number of aliphatic imine (C=N–C) groups is 1. The van der Waals surface area contributed by atoms with E-state index in [0.29, 0.717) is 22.9 Å². The molecule has 116 valence electrons. The molecule has 0 aromatic carbocycles. The van der Waals surface area contributed by atoms with Gasteiger partial charge in [0.2, 0.25) is 5.91 Å². The summed E-state index contributed by atoms with van der Waals surface area (Å²) >= 11 is 3.10. The fourth-order valence-electron chi connectivity index (χ4n) is 2.68. The lowest BCUT2D eigenvalue weighted by Gasteiger charge is -2.38. The minimum absolute atomic E-state index is 0.00389. The highest BCUT2D eigenvalue weighted by molar-refractivity contribution is 8.14. The Kier molecular flexibility index (Phi) is 4.10. The number of carbonyl (C=O) groups is 2. The minimum atomic E-state index is -0.430. The number of aryl methyl sites for hydroxylation is 1. The Labute approximate surface area is 137 Å². The van der Waals surface area contributed by atoms with Crippen molar-refractivity contribution in [2.45, 2.75) is 26.3 Å². The van der Waals surface area contributed by atoms with Gasteiger partial charge in [-0.2, -0.15) is 0 Å². The quantitative estimate of drug-likeness (QED) is 0.779. The Morgan fingerprint density at radius 2 is 2.23 bits per heavy atom. The molecule has 3 rings (SSSR count). The van der Waals surface area contributed by atoms with Crippen LogP contribution in [0.25, 0.3) is 0 Å². The van der Waals surface area contributed by atoms with Crippen LogP contribution in [0.15, 0.2) is 27.7 Å². The van der Waals surface area contributed by atoms with Gasteiger partial charge in [-0.25, -0.2) is 9.79 Å². The van der Waals surface area contributed by atoms with Crippen molar-refractivity contribution < 1.29 is 14.3 Å². The standard InChI is InChI=1S/C15H16N2O3S2/c1-8-4-6-21-13(8)12-11(14(19)20-3)9(2)16-15-17(12)10(18)5-7-22-15/h4,6,12H,5,7H2,1-3H3. The monoisotopic (exact) mass is 336 g/mol. The number of fused-ring (bicyclic) bond motifs is 1. The SMILES string of the molecule is COC(=O)C1=C(C)N=C2SCCC(=O)N2C1c1sccc1C. The predicted molar refractivity (Wildman–Crippen MR) is 87.9 cm³/mol. The summed E-state index contributed by atoms with van der Waals surface area (Å²) in [6, 6.07) is 1.57. The van der Waals surface area contributed by atoms with Gasteiger partial charge in [0.25, 0.3) is 0 Å². The first-order valence-corrected chi connectivity index (χ1v) is 8.77. The van der Waals surface area contributed by atoms with Crippen LogP contribution in [0.1, 0.15) is 29.8 Å². The summed E-state index contributed by atoms with van der Waals surface area (Å²) in [5, 5.41) is 2.65. The summed E-state index contributed by atoms with van der Waals surface area (Å²) in [7, 11) is 1.35. The van der Waals surface area contributed by atoms with Crippen molar-refractivity contribution >= 4 is 40.1 Å². The Hall–Kier alpha value is -1.60. The number of amidine groups is 1. The number of nitrogens with zero attached hydrogens (tertiary/aromatic N) is 2. The van der Waals surface area contributed by atoms with Crippen LogP contribution >= 0.6 is 23.1 Å². The molecule has 22 heavy (non-hydrogen) atoms. The molecule has 2 aliphatic heterocycles. The van der Waals surface area contributed by atoms with E-state index < -0.39 is 12.0 Å². The minimum Gasteiger partial charge on any atom is -0.466 e. The molecule has 1 saturated heterocycles. The molecule has 0 bridgehead atoms. The first-order chi connectivity index (χ1) is 10.5. The van der Waals surface area contributed by atoms with E-state index in [1.54, 1.807) is 34.9 Å². The number of methoxy groups -OCH3 is 1. The number of hydrogen-bond acceptors (Lipinski definition) is 6. The molecule has 1 atom stereocenters. The number of rotatable bonds is 2. The van der Waals surface area contributed by atoms with E-state index in [2.05, 4.69) is 4.99 Å². The number of thiophene rings is 1. The Morgan fingerprint density at radius 3 is 2.86 bits per heavy atom. The maximum atomic E-state index is 12.5. The summed E-state index contributed by atoms with van der Waals surface area (Å²) < 4.78 is 4.94. The summed E-state index contributed by atoms with van der Waals surface area (Å²) in [5.74, 6) is 0.302. The van der Waals surface area contributed by atoms with Gasteiger partial charge in [0.1, 0.15) is 6.04 Å². The third kappa shape index (κ3) is 2.38. The zero-order valence-electron chi connectivity index (χ0n) is 12.6. The van der Waals surface area contributed by atoms with E-state index in [0.717, 1.165) is 16.2 Å². The first kappa shape index (κ1) is 15.3. The van der Waals surface area contributed by atoms with Crippen molar-refractivity contribution in [2.24, 2.45) is 4.99 Å². The molecule has 1 amide bonds. The van der Waals surface area contributed by atoms with Crippen LogP contribution in [0.5, 0.6) is 0 Å². The van der Waals surface area contributed by atoms with Gasteiger partial charge in [0.05, 0.1) is 18.4 Å². The van der Waals surface area contributed by atoms with E-state index in [1.165, 1.54) is 7.11 Å². The second-order valence-electron chi connectivity index (χ2n) is 5.12. The largest absolute Gasteiger partial charge is 0.466 e. The molecule has 1 aromatic rings. The topological polar surface area (TPSA) is 59.0 Å². The van der Waals surface area contributed by atoms with Gasteiger partial charge in [-0.1, -0.05) is 11.8 Å². The number of carbonyl (C=O) groups excluding carboxylic acids is 2.